The third-order valence-corrected chi connectivity index (χ3v) is 2.75. The van der Waals surface area contributed by atoms with Crippen molar-refractivity contribution in [1.82, 2.24) is 0 Å². The Kier molecular flexibility index (Phi) is 3.95. The summed E-state index contributed by atoms with van der Waals surface area (Å²) in [7, 11) is 0. The number of hydrogen-bond donors (Lipinski definition) is 0. The first-order chi connectivity index (χ1) is 8.68. The number of para-hydroxylation sites is 1. The van der Waals surface area contributed by atoms with Gasteiger partial charge in [-0.05, 0) is 24.3 Å². The van der Waals surface area contributed by atoms with Gasteiger partial charge in [0.15, 0.2) is 6.61 Å². The van der Waals surface area contributed by atoms with Crippen molar-refractivity contribution in [2.24, 2.45) is 0 Å². The van der Waals surface area contributed by atoms with Crippen LogP contribution in [0.3, 0.4) is 0 Å². The molecule has 0 spiro atoms. The topological polar surface area (TPSA) is 26.3 Å². The smallest absolute Gasteiger partial charge is 0.201 e. The molecule has 0 aliphatic carbocycles. The summed E-state index contributed by atoms with van der Waals surface area (Å²) >= 11 is 5.72. The van der Waals surface area contributed by atoms with E-state index in [0.717, 1.165) is 0 Å². The van der Waals surface area contributed by atoms with Crippen molar-refractivity contribution in [2.75, 3.05) is 6.61 Å². The van der Waals surface area contributed by atoms with Gasteiger partial charge in [0.25, 0.3) is 0 Å². The van der Waals surface area contributed by atoms with Gasteiger partial charge in [-0.2, -0.15) is 0 Å². The zero-order valence-corrected chi connectivity index (χ0v) is 10.2. The Bertz CT molecular complexity index is 555. The minimum Gasteiger partial charge on any atom is -0.485 e. The van der Waals surface area contributed by atoms with Crippen LogP contribution in [-0.2, 0) is 0 Å². The molecule has 0 heterocycles. The fraction of sp³-hybridized carbons (Fsp3) is 0.0714. The van der Waals surface area contributed by atoms with E-state index in [4.69, 9.17) is 16.3 Å². The van der Waals surface area contributed by atoms with E-state index < -0.39 is 5.82 Å². The van der Waals surface area contributed by atoms with E-state index in [-0.39, 0.29) is 23.0 Å². The molecule has 0 N–H and O–H groups in total. The van der Waals surface area contributed by atoms with Crippen molar-refractivity contribution in [1.29, 1.82) is 0 Å². The van der Waals surface area contributed by atoms with Gasteiger partial charge in [0.2, 0.25) is 5.78 Å². The number of halogens is 2. The third kappa shape index (κ3) is 2.87. The van der Waals surface area contributed by atoms with Crippen molar-refractivity contribution in [2.45, 2.75) is 0 Å². The average Bonchev–Trinajstić information content (AvgIpc) is 2.40. The maximum absolute atomic E-state index is 13.2. The Balaban J connectivity index is 2.07. The van der Waals surface area contributed by atoms with Crippen LogP contribution < -0.4 is 4.74 Å². The second kappa shape index (κ2) is 5.65. The van der Waals surface area contributed by atoms with Crippen LogP contribution in [0.2, 0.25) is 5.02 Å². The lowest BCUT2D eigenvalue weighted by atomic mass is 10.1. The summed E-state index contributed by atoms with van der Waals surface area (Å²) in [6, 6.07) is 13.0. The summed E-state index contributed by atoms with van der Waals surface area (Å²) in [5.41, 5.74) is 0.132. The van der Waals surface area contributed by atoms with Crippen LogP contribution in [0.15, 0.2) is 48.5 Å². The van der Waals surface area contributed by atoms with Gasteiger partial charge in [-0.1, -0.05) is 35.9 Å². The number of ketones is 1. The summed E-state index contributed by atoms with van der Waals surface area (Å²) in [4.78, 5) is 11.8. The lowest BCUT2D eigenvalue weighted by Gasteiger charge is -2.06. The molecule has 2 aromatic carbocycles. The molecule has 18 heavy (non-hydrogen) atoms. The summed E-state index contributed by atoms with van der Waals surface area (Å²) in [6.07, 6.45) is 0. The SMILES string of the molecule is O=C(COc1ccccc1)c1cccc(F)c1Cl. The second-order valence-electron chi connectivity index (χ2n) is 3.63. The quantitative estimate of drug-likeness (QED) is 0.787. The fourth-order valence-corrected chi connectivity index (χ4v) is 1.69. The molecule has 0 saturated heterocycles. The van der Waals surface area contributed by atoms with Gasteiger partial charge in [0.05, 0.1) is 5.02 Å². The van der Waals surface area contributed by atoms with Crippen molar-refractivity contribution in [3.63, 3.8) is 0 Å². The van der Waals surface area contributed by atoms with Gasteiger partial charge in [-0.15, -0.1) is 0 Å². The molecule has 2 aromatic rings. The monoisotopic (exact) mass is 264 g/mol. The first-order valence-electron chi connectivity index (χ1n) is 5.33. The first kappa shape index (κ1) is 12.6. The lowest BCUT2D eigenvalue weighted by molar-refractivity contribution is 0.0921. The van der Waals surface area contributed by atoms with Gasteiger partial charge < -0.3 is 4.74 Å². The Morgan fingerprint density at radius 1 is 1.11 bits per heavy atom. The molecule has 0 aliphatic rings. The molecule has 0 bridgehead atoms. The minimum absolute atomic E-state index is 0.132. The minimum atomic E-state index is -0.609. The Labute approximate surface area is 109 Å². The highest BCUT2D eigenvalue weighted by atomic mass is 35.5. The molecular weight excluding hydrogens is 255 g/mol. The van der Waals surface area contributed by atoms with E-state index in [1.165, 1.54) is 18.2 Å². The molecule has 0 amide bonds. The van der Waals surface area contributed by atoms with Gasteiger partial charge in [-0.3, -0.25) is 4.79 Å². The second-order valence-corrected chi connectivity index (χ2v) is 4.00. The molecule has 0 aromatic heterocycles. The van der Waals surface area contributed by atoms with Crippen LogP contribution in [0.25, 0.3) is 0 Å². The molecule has 4 heteroatoms. The number of Topliss-reactive ketones (excluding diaryl/α,β-unsaturated/α-hetero) is 1. The zero-order chi connectivity index (χ0) is 13.0. The van der Waals surface area contributed by atoms with Crippen molar-refractivity contribution in [3.05, 3.63) is 64.9 Å². The van der Waals surface area contributed by atoms with E-state index in [0.29, 0.717) is 5.75 Å². The molecular formula is C14H10ClFO2. The number of benzene rings is 2. The van der Waals surface area contributed by atoms with Crippen LogP contribution >= 0.6 is 11.6 Å². The zero-order valence-electron chi connectivity index (χ0n) is 9.40. The number of ether oxygens (including phenoxy) is 1. The van der Waals surface area contributed by atoms with E-state index in [9.17, 15) is 9.18 Å². The lowest BCUT2D eigenvalue weighted by Crippen LogP contribution is -2.12. The molecule has 0 radical (unpaired) electrons. The highest BCUT2D eigenvalue weighted by Gasteiger charge is 2.13. The molecule has 0 atom stereocenters. The largest absolute Gasteiger partial charge is 0.485 e. The standard InChI is InChI=1S/C14H10ClFO2/c15-14-11(7-4-8-12(14)16)13(17)9-18-10-5-2-1-3-6-10/h1-8H,9H2. The predicted octanol–water partition coefficient (Wildman–Crippen LogP) is 3.74. The number of rotatable bonds is 4. The molecule has 0 saturated carbocycles. The maximum atomic E-state index is 13.2. The average molecular weight is 265 g/mol. The van der Waals surface area contributed by atoms with E-state index >= 15 is 0 Å². The van der Waals surface area contributed by atoms with Gasteiger partial charge in [-0.25, -0.2) is 4.39 Å². The highest BCUT2D eigenvalue weighted by Crippen LogP contribution is 2.20. The molecule has 0 unspecified atom stereocenters. The van der Waals surface area contributed by atoms with Crippen molar-refractivity contribution in [3.8, 4) is 5.75 Å². The molecule has 92 valence electrons. The maximum Gasteiger partial charge on any atom is 0.201 e. The predicted molar refractivity (Wildman–Crippen MR) is 67.7 cm³/mol. The van der Waals surface area contributed by atoms with Gasteiger partial charge in [0, 0.05) is 5.56 Å². The number of hydrogen-bond acceptors (Lipinski definition) is 2. The summed E-state index contributed by atoms with van der Waals surface area (Å²) < 4.78 is 18.5. The first-order valence-corrected chi connectivity index (χ1v) is 5.71. The van der Waals surface area contributed by atoms with Crippen molar-refractivity contribution >= 4 is 17.4 Å². The highest BCUT2D eigenvalue weighted by molar-refractivity contribution is 6.34. The van der Waals surface area contributed by atoms with E-state index in [2.05, 4.69) is 0 Å². The van der Waals surface area contributed by atoms with Crippen LogP contribution in [0, 0.1) is 5.82 Å². The third-order valence-electron chi connectivity index (χ3n) is 2.37. The molecule has 2 rings (SSSR count). The molecule has 2 nitrogen and oxygen atoms in total. The van der Waals surface area contributed by atoms with Crippen LogP contribution in [-0.4, -0.2) is 12.4 Å². The Morgan fingerprint density at radius 2 is 1.83 bits per heavy atom. The summed E-state index contributed by atoms with van der Waals surface area (Å²) in [5.74, 6) is -0.385. The fourth-order valence-electron chi connectivity index (χ4n) is 1.46. The van der Waals surface area contributed by atoms with Crippen molar-refractivity contribution < 1.29 is 13.9 Å². The van der Waals surface area contributed by atoms with Gasteiger partial charge in [0.1, 0.15) is 11.6 Å². The van der Waals surface area contributed by atoms with Crippen LogP contribution in [0.1, 0.15) is 10.4 Å². The number of carbonyl (C=O) groups is 1. The number of carbonyl (C=O) groups excluding carboxylic acids is 1. The van der Waals surface area contributed by atoms with Crippen LogP contribution in [0.5, 0.6) is 5.75 Å². The Hall–Kier alpha value is -1.87. The van der Waals surface area contributed by atoms with Gasteiger partial charge >= 0.3 is 0 Å². The van der Waals surface area contributed by atoms with Crippen LogP contribution in [0.4, 0.5) is 4.39 Å². The molecule has 0 fully saturated rings. The normalized spacial score (nSPS) is 10.1. The van der Waals surface area contributed by atoms with E-state index in [1.54, 1.807) is 24.3 Å². The van der Waals surface area contributed by atoms with E-state index in [1.807, 2.05) is 6.07 Å². The molecule has 0 aliphatic heterocycles. The summed E-state index contributed by atoms with van der Waals surface area (Å²) in [6.45, 7) is -0.173. The Morgan fingerprint density at radius 3 is 2.56 bits per heavy atom. The summed E-state index contributed by atoms with van der Waals surface area (Å²) in [5, 5.41) is -0.167.